The molecule has 0 radical (unpaired) electrons. The molecule has 0 aliphatic carbocycles. The average molecular weight is 270 g/mol. The number of benzene rings is 2. The maximum atomic E-state index is 13.9. The molecular formula is C17H19FN2. The zero-order valence-electron chi connectivity index (χ0n) is 11.4. The van der Waals surface area contributed by atoms with Gasteiger partial charge in [0.25, 0.3) is 0 Å². The van der Waals surface area contributed by atoms with E-state index >= 15 is 0 Å². The van der Waals surface area contributed by atoms with E-state index in [1.54, 1.807) is 6.07 Å². The number of likely N-dealkylation sites (tertiary alicyclic amines) is 1. The minimum absolute atomic E-state index is 0.237. The summed E-state index contributed by atoms with van der Waals surface area (Å²) in [6.07, 6.45) is 1.13. The molecule has 1 aliphatic heterocycles. The molecule has 0 spiro atoms. The van der Waals surface area contributed by atoms with Crippen LogP contribution in [0.5, 0.6) is 0 Å². The van der Waals surface area contributed by atoms with Gasteiger partial charge in [-0.15, -0.1) is 0 Å². The van der Waals surface area contributed by atoms with Gasteiger partial charge in [-0.25, -0.2) is 4.39 Å². The van der Waals surface area contributed by atoms with E-state index in [1.807, 2.05) is 18.2 Å². The SMILES string of the molecule is Nc1cccc(CN2CCC(c3ccccc3)C2)c1F. The van der Waals surface area contributed by atoms with Gasteiger partial charge in [-0.05, 0) is 30.5 Å². The Morgan fingerprint density at radius 2 is 1.90 bits per heavy atom. The summed E-state index contributed by atoms with van der Waals surface area (Å²) in [4.78, 5) is 2.30. The molecule has 3 heteroatoms. The van der Waals surface area contributed by atoms with Crippen LogP contribution < -0.4 is 5.73 Å². The Kier molecular flexibility index (Phi) is 3.70. The highest BCUT2D eigenvalue weighted by atomic mass is 19.1. The Morgan fingerprint density at radius 3 is 2.70 bits per heavy atom. The molecule has 1 aliphatic rings. The molecule has 1 heterocycles. The van der Waals surface area contributed by atoms with Crippen LogP contribution >= 0.6 is 0 Å². The number of anilines is 1. The van der Waals surface area contributed by atoms with Crippen LogP contribution in [0.25, 0.3) is 0 Å². The van der Waals surface area contributed by atoms with Crippen molar-refractivity contribution < 1.29 is 4.39 Å². The van der Waals surface area contributed by atoms with E-state index in [1.165, 1.54) is 5.56 Å². The molecule has 1 saturated heterocycles. The normalized spacial score (nSPS) is 19.4. The standard InChI is InChI=1S/C17H19FN2/c18-17-15(7-4-8-16(17)19)12-20-10-9-14(11-20)13-5-2-1-3-6-13/h1-8,14H,9-12,19H2. The van der Waals surface area contributed by atoms with Gasteiger partial charge in [0.2, 0.25) is 0 Å². The molecule has 1 unspecified atom stereocenters. The van der Waals surface area contributed by atoms with E-state index < -0.39 is 0 Å². The Labute approximate surface area is 119 Å². The summed E-state index contributed by atoms with van der Waals surface area (Å²) in [5.74, 6) is 0.288. The first kappa shape index (κ1) is 13.1. The van der Waals surface area contributed by atoms with Crippen LogP contribution in [-0.4, -0.2) is 18.0 Å². The molecule has 2 nitrogen and oxygen atoms in total. The van der Waals surface area contributed by atoms with Gasteiger partial charge in [-0.2, -0.15) is 0 Å². The van der Waals surface area contributed by atoms with Crippen molar-refractivity contribution in [3.63, 3.8) is 0 Å². The first-order valence-corrected chi connectivity index (χ1v) is 7.04. The largest absolute Gasteiger partial charge is 0.396 e. The van der Waals surface area contributed by atoms with Gasteiger partial charge >= 0.3 is 0 Å². The van der Waals surface area contributed by atoms with Gasteiger partial charge in [-0.1, -0.05) is 42.5 Å². The molecule has 20 heavy (non-hydrogen) atoms. The van der Waals surface area contributed by atoms with Crippen LogP contribution in [-0.2, 0) is 6.54 Å². The third kappa shape index (κ3) is 2.68. The molecule has 0 saturated carbocycles. The van der Waals surface area contributed by atoms with E-state index in [9.17, 15) is 4.39 Å². The quantitative estimate of drug-likeness (QED) is 0.866. The molecule has 0 amide bonds. The maximum Gasteiger partial charge on any atom is 0.150 e. The summed E-state index contributed by atoms with van der Waals surface area (Å²) in [5.41, 5.74) is 7.93. The smallest absolute Gasteiger partial charge is 0.150 e. The van der Waals surface area contributed by atoms with Crippen molar-refractivity contribution in [1.82, 2.24) is 4.90 Å². The molecule has 2 aromatic carbocycles. The lowest BCUT2D eigenvalue weighted by Crippen LogP contribution is -2.20. The molecule has 0 aromatic heterocycles. The molecule has 2 N–H and O–H groups in total. The van der Waals surface area contributed by atoms with Gasteiger partial charge in [0, 0.05) is 18.7 Å². The van der Waals surface area contributed by atoms with Crippen molar-refractivity contribution in [2.45, 2.75) is 18.9 Å². The van der Waals surface area contributed by atoms with Gasteiger partial charge in [-0.3, -0.25) is 4.90 Å². The van der Waals surface area contributed by atoms with Crippen LogP contribution in [0.2, 0.25) is 0 Å². The van der Waals surface area contributed by atoms with Gasteiger partial charge in [0.1, 0.15) is 0 Å². The third-order valence-corrected chi connectivity index (χ3v) is 4.05. The molecule has 1 fully saturated rings. The van der Waals surface area contributed by atoms with Crippen LogP contribution in [0.4, 0.5) is 10.1 Å². The molecule has 3 rings (SSSR count). The van der Waals surface area contributed by atoms with Crippen LogP contribution in [0, 0.1) is 5.82 Å². The highest BCUT2D eigenvalue weighted by Gasteiger charge is 2.24. The topological polar surface area (TPSA) is 29.3 Å². The summed E-state index contributed by atoms with van der Waals surface area (Å²) in [5, 5.41) is 0. The Balaban J connectivity index is 1.68. The van der Waals surface area contributed by atoms with E-state index in [-0.39, 0.29) is 11.5 Å². The summed E-state index contributed by atoms with van der Waals surface area (Å²) in [7, 11) is 0. The van der Waals surface area contributed by atoms with Crippen LogP contribution in [0.1, 0.15) is 23.5 Å². The monoisotopic (exact) mass is 270 g/mol. The predicted octanol–water partition coefficient (Wildman–Crippen LogP) is 3.40. The molecule has 2 aromatic rings. The highest BCUT2D eigenvalue weighted by molar-refractivity contribution is 5.42. The number of hydrogen-bond donors (Lipinski definition) is 1. The highest BCUT2D eigenvalue weighted by Crippen LogP contribution is 2.28. The van der Waals surface area contributed by atoms with E-state index in [4.69, 9.17) is 5.73 Å². The number of rotatable bonds is 3. The first-order valence-electron chi connectivity index (χ1n) is 7.04. The van der Waals surface area contributed by atoms with Crippen molar-refractivity contribution in [3.8, 4) is 0 Å². The number of nitrogens with two attached hydrogens (primary N) is 1. The number of nitrogens with zero attached hydrogens (tertiary/aromatic N) is 1. The predicted molar refractivity (Wildman–Crippen MR) is 79.9 cm³/mol. The fraction of sp³-hybridized carbons (Fsp3) is 0.294. The minimum atomic E-state index is -0.268. The van der Waals surface area contributed by atoms with Crippen molar-refractivity contribution in [2.24, 2.45) is 0 Å². The molecule has 104 valence electrons. The van der Waals surface area contributed by atoms with Crippen LogP contribution in [0.15, 0.2) is 48.5 Å². The molecule has 0 bridgehead atoms. The second-order valence-corrected chi connectivity index (χ2v) is 5.45. The maximum absolute atomic E-state index is 13.9. The third-order valence-electron chi connectivity index (χ3n) is 4.05. The summed E-state index contributed by atoms with van der Waals surface area (Å²) in [6, 6.07) is 15.8. The lowest BCUT2D eigenvalue weighted by Gasteiger charge is -2.17. The Morgan fingerprint density at radius 1 is 1.10 bits per heavy atom. The lowest BCUT2D eigenvalue weighted by molar-refractivity contribution is 0.321. The number of nitrogen functional groups attached to an aromatic ring is 1. The first-order chi connectivity index (χ1) is 9.74. The van der Waals surface area contributed by atoms with Gasteiger partial charge in [0.15, 0.2) is 5.82 Å². The fourth-order valence-electron chi connectivity index (χ4n) is 2.94. The van der Waals surface area contributed by atoms with E-state index in [2.05, 4.69) is 29.2 Å². The van der Waals surface area contributed by atoms with Crippen molar-refractivity contribution >= 4 is 5.69 Å². The second kappa shape index (κ2) is 5.63. The lowest BCUT2D eigenvalue weighted by atomic mass is 9.99. The minimum Gasteiger partial charge on any atom is -0.396 e. The van der Waals surface area contributed by atoms with Gasteiger partial charge < -0.3 is 5.73 Å². The number of halogens is 1. The zero-order valence-corrected chi connectivity index (χ0v) is 11.4. The Hall–Kier alpha value is -1.87. The zero-order chi connectivity index (χ0) is 13.9. The average Bonchev–Trinajstić information content (AvgIpc) is 2.93. The summed E-state index contributed by atoms with van der Waals surface area (Å²) >= 11 is 0. The molecule has 1 atom stereocenters. The van der Waals surface area contributed by atoms with Crippen molar-refractivity contribution in [1.29, 1.82) is 0 Å². The summed E-state index contributed by atoms with van der Waals surface area (Å²) < 4.78 is 13.9. The Bertz CT molecular complexity index is 583. The summed E-state index contributed by atoms with van der Waals surface area (Å²) in [6.45, 7) is 2.63. The van der Waals surface area contributed by atoms with E-state index in [0.29, 0.717) is 18.0 Å². The van der Waals surface area contributed by atoms with Crippen molar-refractivity contribution in [3.05, 3.63) is 65.5 Å². The van der Waals surface area contributed by atoms with Crippen LogP contribution in [0.3, 0.4) is 0 Å². The number of hydrogen-bond acceptors (Lipinski definition) is 2. The second-order valence-electron chi connectivity index (χ2n) is 5.45. The molecular weight excluding hydrogens is 251 g/mol. The van der Waals surface area contributed by atoms with Crippen molar-refractivity contribution in [2.75, 3.05) is 18.8 Å². The van der Waals surface area contributed by atoms with Gasteiger partial charge in [0.05, 0.1) is 5.69 Å². The fourth-order valence-corrected chi connectivity index (χ4v) is 2.94. The van der Waals surface area contributed by atoms with E-state index in [0.717, 1.165) is 19.5 Å².